The number of carbonyl (C=O) groups is 1. The standard InChI is InChI=1S/C16H14Cl2O2/c1-10(2)20-14-9-4-3-6-11(14)16(19)15-12(17)7-5-8-13(15)18/h3-10H,1-2H3. The molecule has 0 bridgehead atoms. The van der Waals surface area contributed by atoms with E-state index in [2.05, 4.69) is 0 Å². The zero-order valence-electron chi connectivity index (χ0n) is 11.2. The second-order valence-corrected chi connectivity index (χ2v) is 5.40. The fourth-order valence-corrected chi connectivity index (χ4v) is 2.43. The van der Waals surface area contributed by atoms with Crippen LogP contribution in [0.25, 0.3) is 0 Å². The summed E-state index contributed by atoms with van der Waals surface area (Å²) in [5, 5.41) is 0.670. The third-order valence-corrected chi connectivity index (χ3v) is 3.31. The molecule has 20 heavy (non-hydrogen) atoms. The van der Waals surface area contributed by atoms with Crippen LogP contribution in [0.3, 0.4) is 0 Å². The molecule has 0 aliphatic heterocycles. The smallest absolute Gasteiger partial charge is 0.199 e. The van der Waals surface area contributed by atoms with Crippen molar-refractivity contribution in [2.75, 3.05) is 0 Å². The van der Waals surface area contributed by atoms with Gasteiger partial charge in [0.15, 0.2) is 5.78 Å². The van der Waals surface area contributed by atoms with E-state index < -0.39 is 0 Å². The highest BCUT2D eigenvalue weighted by atomic mass is 35.5. The SMILES string of the molecule is CC(C)Oc1ccccc1C(=O)c1c(Cl)cccc1Cl. The number of ether oxygens (including phenoxy) is 1. The zero-order valence-corrected chi connectivity index (χ0v) is 12.7. The van der Waals surface area contributed by atoms with Crippen LogP contribution >= 0.6 is 23.2 Å². The van der Waals surface area contributed by atoms with Crippen LogP contribution in [0.1, 0.15) is 29.8 Å². The van der Waals surface area contributed by atoms with E-state index >= 15 is 0 Å². The van der Waals surface area contributed by atoms with E-state index in [4.69, 9.17) is 27.9 Å². The molecule has 0 fully saturated rings. The molecule has 0 radical (unpaired) electrons. The van der Waals surface area contributed by atoms with Gasteiger partial charge in [-0.2, -0.15) is 0 Å². The van der Waals surface area contributed by atoms with E-state index in [0.717, 1.165) is 0 Å². The van der Waals surface area contributed by atoms with Crippen molar-refractivity contribution in [2.24, 2.45) is 0 Å². The van der Waals surface area contributed by atoms with E-state index in [1.165, 1.54) is 0 Å². The van der Waals surface area contributed by atoms with Gasteiger partial charge in [0, 0.05) is 0 Å². The molecular formula is C16H14Cl2O2. The molecule has 0 amide bonds. The number of hydrogen-bond acceptors (Lipinski definition) is 2. The van der Waals surface area contributed by atoms with E-state index in [-0.39, 0.29) is 11.9 Å². The van der Waals surface area contributed by atoms with Gasteiger partial charge in [-0.25, -0.2) is 0 Å². The van der Waals surface area contributed by atoms with Gasteiger partial charge in [-0.1, -0.05) is 41.4 Å². The van der Waals surface area contributed by atoms with E-state index in [0.29, 0.717) is 26.9 Å². The molecule has 104 valence electrons. The van der Waals surface area contributed by atoms with Crippen molar-refractivity contribution < 1.29 is 9.53 Å². The number of benzene rings is 2. The Labute approximate surface area is 128 Å². The van der Waals surface area contributed by atoms with Crippen LogP contribution in [-0.4, -0.2) is 11.9 Å². The molecule has 2 aromatic carbocycles. The number of ketones is 1. The highest BCUT2D eigenvalue weighted by molar-refractivity contribution is 6.41. The van der Waals surface area contributed by atoms with Crippen molar-refractivity contribution in [1.82, 2.24) is 0 Å². The van der Waals surface area contributed by atoms with Crippen LogP contribution in [0.4, 0.5) is 0 Å². The van der Waals surface area contributed by atoms with Crippen LogP contribution < -0.4 is 4.74 Å². The molecule has 0 saturated heterocycles. The summed E-state index contributed by atoms with van der Waals surface area (Å²) in [5.74, 6) is 0.292. The van der Waals surface area contributed by atoms with E-state index in [1.54, 1.807) is 36.4 Å². The average molecular weight is 309 g/mol. The lowest BCUT2D eigenvalue weighted by atomic mass is 10.0. The Hall–Kier alpha value is -1.51. The molecule has 0 aliphatic carbocycles. The molecule has 4 heteroatoms. The molecular weight excluding hydrogens is 295 g/mol. The Morgan fingerprint density at radius 3 is 2.20 bits per heavy atom. The highest BCUT2D eigenvalue weighted by Crippen LogP contribution is 2.30. The van der Waals surface area contributed by atoms with Gasteiger partial charge in [0.05, 0.1) is 27.3 Å². The van der Waals surface area contributed by atoms with Crippen molar-refractivity contribution in [3.05, 3.63) is 63.6 Å². The number of carbonyl (C=O) groups excluding carboxylic acids is 1. The fraction of sp³-hybridized carbons (Fsp3) is 0.188. The summed E-state index contributed by atoms with van der Waals surface area (Å²) < 4.78 is 5.66. The van der Waals surface area contributed by atoms with Crippen molar-refractivity contribution >= 4 is 29.0 Å². The van der Waals surface area contributed by atoms with Crippen LogP contribution in [-0.2, 0) is 0 Å². The monoisotopic (exact) mass is 308 g/mol. The maximum Gasteiger partial charge on any atom is 0.199 e. The summed E-state index contributed by atoms with van der Waals surface area (Å²) in [4.78, 5) is 12.6. The molecule has 0 N–H and O–H groups in total. The molecule has 2 aromatic rings. The van der Waals surface area contributed by atoms with Crippen molar-refractivity contribution in [3.8, 4) is 5.75 Å². The predicted octanol–water partition coefficient (Wildman–Crippen LogP) is 5.01. The molecule has 0 heterocycles. The minimum Gasteiger partial charge on any atom is -0.490 e. The first-order valence-corrected chi connectivity index (χ1v) is 7.00. The summed E-state index contributed by atoms with van der Waals surface area (Å²) in [6, 6.07) is 12.1. The summed E-state index contributed by atoms with van der Waals surface area (Å²) >= 11 is 12.2. The Kier molecular flexibility index (Phi) is 4.69. The van der Waals surface area contributed by atoms with Crippen molar-refractivity contribution in [2.45, 2.75) is 20.0 Å². The van der Waals surface area contributed by atoms with Gasteiger partial charge >= 0.3 is 0 Å². The van der Waals surface area contributed by atoms with Gasteiger partial charge in [0.1, 0.15) is 5.75 Å². The largest absolute Gasteiger partial charge is 0.490 e. The molecule has 0 aliphatic rings. The van der Waals surface area contributed by atoms with Crippen LogP contribution in [0.15, 0.2) is 42.5 Å². The Morgan fingerprint density at radius 2 is 1.60 bits per heavy atom. The molecule has 0 saturated carbocycles. The Balaban J connectivity index is 2.49. The number of halogens is 2. The van der Waals surface area contributed by atoms with Crippen LogP contribution in [0.2, 0.25) is 10.0 Å². The second kappa shape index (κ2) is 6.29. The van der Waals surface area contributed by atoms with Gasteiger partial charge < -0.3 is 4.74 Å². The number of rotatable bonds is 4. The Morgan fingerprint density at radius 1 is 1.00 bits per heavy atom. The van der Waals surface area contributed by atoms with Crippen molar-refractivity contribution in [3.63, 3.8) is 0 Å². The third kappa shape index (κ3) is 3.14. The first kappa shape index (κ1) is 14.9. The van der Waals surface area contributed by atoms with Gasteiger partial charge in [0.2, 0.25) is 0 Å². The summed E-state index contributed by atoms with van der Waals surface area (Å²) in [7, 11) is 0. The van der Waals surface area contributed by atoms with Gasteiger partial charge in [0.25, 0.3) is 0 Å². The maximum absolute atomic E-state index is 12.6. The highest BCUT2D eigenvalue weighted by Gasteiger charge is 2.20. The molecule has 2 nitrogen and oxygen atoms in total. The first-order valence-electron chi connectivity index (χ1n) is 6.25. The molecule has 0 unspecified atom stereocenters. The predicted molar refractivity (Wildman–Crippen MR) is 82.1 cm³/mol. The van der Waals surface area contributed by atoms with E-state index in [9.17, 15) is 4.79 Å². The van der Waals surface area contributed by atoms with Gasteiger partial charge in [-0.15, -0.1) is 0 Å². The first-order chi connectivity index (χ1) is 9.50. The molecule has 0 spiro atoms. The minimum absolute atomic E-state index is 0.0225. The van der Waals surface area contributed by atoms with E-state index in [1.807, 2.05) is 19.9 Å². The summed E-state index contributed by atoms with van der Waals surface area (Å²) in [6.07, 6.45) is -0.0225. The summed E-state index contributed by atoms with van der Waals surface area (Å²) in [6.45, 7) is 3.81. The number of para-hydroxylation sites is 1. The van der Waals surface area contributed by atoms with Crippen molar-refractivity contribution in [1.29, 1.82) is 0 Å². The van der Waals surface area contributed by atoms with Gasteiger partial charge in [-0.3, -0.25) is 4.79 Å². The second-order valence-electron chi connectivity index (χ2n) is 4.59. The zero-order chi connectivity index (χ0) is 14.7. The fourth-order valence-electron chi connectivity index (χ4n) is 1.86. The Bertz CT molecular complexity index is 616. The quantitative estimate of drug-likeness (QED) is 0.742. The maximum atomic E-state index is 12.6. The number of hydrogen-bond donors (Lipinski definition) is 0. The summed E-state index contributed by atoms with van der Waals surface area (Å²) in [5.41, 5.74) is 0.756. The minimum atomic E-state index is -0.239. The normalized spacial score (nSPS) is 10.7. The lowest BCUT2D eigenvalue weighted by Crippen LogP contribution is -2.11. The molecule has 2 rings (SSSR count). The van der Waals surface area contributed by atoms with Crippen LogP contribution in [0.5, 0.6) is 5.75 Å². The lowest BCUT2D eigenvalue weighted by Gasteiger charge is -2.14. The lowest BCUT2D eigenvalue weighted by molar-refractivity contribution is 0.103. The molecule has 0 aromatic heterocycles. The molecule has 0 atom stereocenters. The topological polar surface area (TPSA) is 26.3 Å². The average Bonchev–Trinajstić information content (AvgIpc) is 2.38. The van der Waals surface area contributed by atoms with Crippen LogP contribution in [0, 0.1) is 0 Å². The third-order valence-electron chi connectivity index (χ3n) is 2.68. The van der Waals surface area contributed by atoms with Gasteiger partial charge in [-0.05, 0) is 38.1 Å².